The molecule has 3 heteroatoms. The third kappa shape index (κ3) is 7.47. The Morgan fingerprint density at radius 3 is 2.23 bits per heavy atom. The van der Waals surface area contributed by atoms with Gasteiger partial charge in [0, 0.05) is 17.8 Å². The van der Waals surface area contributed by atoms with E-state index in [-0.39, 0.29) is 0 Å². The van der Waals surface area contributed by atoms with E-state index in [9.17, 15) is 0 Å². The highest BCUT2D eigenvalue weighted by Gasteiger charge is 2.03. The molecular weight excluding hydrogens is 370 g/mol. The molecule has 3 aromatic carbocycles. The van der Waals surface area contributed by atoms with Crippen LogP contribution < -0.4 is 14.8 Å². The Balaban J connectivity index is 1.41. The molecule has 0 radical (unpaired) electrons. The van der Waals surface area contributed by atoms with Gasteiger partial charge in [-0.3, -0.25) is 0 Å². The van der Waals surface area contributed by atoms with Crippen molar-refractivity contribution >= 4 is 5.69 Å². The first kappa shape index (κ1) is 21.8. The van der Waals surface area contributed by atoms with Gasteiger partial charge < -0.3 is 14.8 Å². The molecular formula is C27H33NO2. The third-order valence-corrected chi connectivity index (χ3v) is 5.04. The van der Waals surface area contributed by atoms with Crippen LogP contribution in [0.15, 0.2) is 78.9 Å². The summed E-state index contributed by atoms with van der Waals surface area (Å²) in [5.41, 5.74) is 3.61. The fourth-order valence-corrected chi connectivity index (χ4v) is 3.30. The average Bonchev–Trinajstić information content (AvgIpc) is 2.80. The first-order chi connectivity index (χ1) is 14.8. The highest BCUT2D eigenvalue weighted by atomic mass is 16.5. The van der Waals surface area contributed by atoms with E-state index >= 15 is 0 Å². The van der Waals surface area contributed by atoms with Crippen molar-refractivity contribution in [2.75, 3.05) is 18.5 Å². The summed E-state index contributed by atoms with van der Waals surface area (Å²) in [4.78, 5) is 0. The Morgan fingerprint density at radius 1 is 0.700 bits per heavy atom. The van der Waals surface area contributed by atoms with Crippen LogP contribution in [0.2, 0.25) is 0 Å². The molecule has 0 saturated heterocycles. The summed E-state index contributed by atoms with van der Waals surface area (Å²) in [6.07, 6.45) is 5.57. The zero-order chi connectivity index (χ0) is 20.9. The van der Waals surface area contributed by atoms with Crippen LogP contribution >= 0.6 is 0 Å². The third-order valence-electron chi connectivity index (χ3n) is 5.04. The van der Waals surface area contributed by atoms with Gasteiger partial charge in [-0.1, -0.05) is 68.3 Å². The van der Waals surface area contributed by atoms with E-state index in [4.69, 9.17) is 9.47 Å². The van der Waals surface area contributed by atoms with Crippen LogP contribution in [0.3, 0.4) is 0 Å². The van der Waals surface area contributed by atoms with Crippen molar-refractivity contribution in [3.63, 3.8) is 0 Å². The van der Waals surface area contributed by atoms with Crippen molar-refractivity contribution in [2.45, 2.75) is 45.6 Å². The van der Waals surface area contributed by atoms with Crippen molar-refractivity contribution in [3.8, 4) is 11.5 Å². The molecule has 3 nitrogen and oxygen atoms in total. The number of para-hydroxylation sites is 1. The molecule has 0 aromatic heterocycles. The van der Waals surface area contributed by atoms with E-state index in [2.05, 4.69) is 72.9 Å². The van der Waals surface area contributed by atoms with E-state index < -0.39 is 0 Å². The van der Waals surface area contributed by atoms with Gasteiger partial charge in [-0.05, 0) is 55.2 Å². The maximum absolute atomic E-state index is 5.97. The fraction of sp³-hybridized carbons (Fsp3) is 0.333. The van der Waals surface area contributed by atoms with Crippen LogP contribution in [0.4, 0.5) is 5.69 Å². The lowest BCUT2D eigenvalue weighted by Gasteiger charge is -2.13. The molecule has 3 aromatic rings. The molecule has 0 aliphatic heterocycles. The SMILES string of the molecule is CCCCCOc1ccccc1CNc1ccc(OCCCc2ccccc2)cc1. The number of benzene rings is 3. The Bertz CT molecular complexity index is 846. The lowest BCUT2D eigenvalue weighted by Crippen LogP contribution is -2.04. The van der Waals surface area contributed by atoms with Crippen LogP contribution in [-0.4, -0.2) is 13.2 Å². The van der Waals surface area contributed by atoms with Crippen LogP contribution in [0.25, 0.3) is 0 Å². The number of hydrogen-bond acceptors (Lipinski definition) is 3. The highest BCUT2D eigenvalue weighted by molar-refractivity contribution is 5.48. The Labute approximate surface area is 181 Å². The minimum absolute atomic E-state index is 0.727. The van der Waals surface area contributed by atoms with Gasteiger partial charge in [0.1, 0.15) is 11.5 Å². The van der Waals surface area contributed by atoms with E-state index in [1.165, 1.54) is 24.0 Å². The monoisotopic (exact) mass is 403 g/mol. The van der Waals surface area contributed by atoms with Gasteiger partial charge in [-0.25, -0.2) is 0 Å². The molecule has 1 N–H and O–H groups in total. The second kappa shape index (κ2) is 12.6. The van der Waals surface area contributed by atoms with Gasteiger partial charge in [0.2, 0.25) is 0 Å². The van der Waals surface area contributed by atoms with Crippen LogP contribution in [0.1, 0.15) is 43.7 Å². The molecule has 0 fully saturated rings. The molecule has 0 spiro atoms. The summed E-state index contributed by atoms with van der Waals surface area (Å²) in [6, 6.07) is 27.0. The van der Waals surface area contributed by atoms with Gasteiger partial charge in [0.05, 0.1) is 13.2 Å². The summed E-state index contributed by atoms with van der Waals surface area (Å²) in [6.45, 7) is 4.45. The lowest BCUT2D eigenvalue weighted by molar-refractivity contribution is 0.303. The summed E-state index contributed by atoms with van der Waals surface area (Å²) in [5.74, 6) is 1.88. The number of nitrogens with one attached hydrogen (secondary N) is 1. The zero-order valence-corrected chi connectivity index (χ0v) is 18.0. The first-order valence-electron chi connectivity index (χ1n) is 11.1. The topological polar surface area (TPSA) is 30.5 Å². The zero-order valence-electron chi connectivity index (χ0n) is 18.0. The number of aryl methyl sites for hydroxylation is 1. The van der Waals surface area contributed by atoms with Crippen LogP contribution in [-0.2, 0) is 13.0 Å². The van der Waals surface area contributed by atoms with E-state index in [1.807, 2.05) is 18.2 Å². The predicted molar refractivity (Wildman–Crippen MR) is 125 cm³/mol. The Hall–Kier alpha value is -2.94. The predicted octanol–water partition coefficient (Wildman–Crippen LogP) is 6.88. The molecule has 0 amide bonds. The minimum atomic E-state index is 0.727. The van der Waals surface area contributed by atoms with Crippen molar-refractivity contribution in [2.24, 2.45) is 0 Å². The van der Waals surface area contributed by atoms with Crippen molar-refractivity contribution in [1.29, 1.82) is 0 Å². The van der Waals surface area contributed by atoms with Crippen molar-refractivity contribution in [1.82, 2.24) is 0 Å². The average molecular weight is 404 g/mol. The van der Waals surface area contributed by atoms with Gasteiger partial charge in [0.25, 0.3) is 0 Å². The quantitative estimate of drug-likeness (QED) is 0.316. The highest BCUT2D eigenvalue weighted by Crippen LogP contribution is 2.21. The molecule has 3 rings (SSSR count). The molecule has 0 saturated carbocycles. The van der Waals surface area contributed by atoms with Gasteiger partial charge in [-0.2, -0.15) is 0 Å². The first-order valence-corrected chi connectivity index (χ1v) is 11.1. The molecule has 30 heavy (non-hydrogen) atoms. The second-order valence-corrected chi connectivity index (χ2v) is 7.48. The molecule has 0 aliphatic carbocycles. The Kier molecular flexibility index (Phi) is 9.13. The largest absolute Gasteiger partial charge is 0.494 e. The second-order valence-electron chi connectivity index (χ2n) is 7.48. The van der Waals surface area contributed by atoms with Crippen molar-refractivity contribution in [3.05, 3.63) is 90.0 Å². The number of unbranched alkanes of at least 4 members (excludes halogenated alkanes) is 2. The minimum Gasteiger partial charge on any atom is -0.494 e. The number of anilines is 1. The number of hydrogen-bond donors (Lipinski definition) is 1. The van der Waals surface area contributed by atoms with E-state index in [1.54, 1.807) is 0 Å². The summed E-state index contributed by atoms with van der Waals surface area (Å²) in [5, 5.41) is 3.48. The van der Waals surface area contributed by atoms with Gasteiger partial charge in [-0.15, -0.1) is 0 Å². The summed E-state index contributed by atoms with van der Waals surface area (Å²) < 4.78 is 11.9. The normalized spacial score (nSPS) is 10.6. The van der Waals surface area contributed by atoms with E-state index in [0.717, 1.165) is 56.2 Å². The van der Waals surface area contributed by atoms with Gasteiger partial charge in [0.15, 0.2) is 0 Å². The van der Waals surface area contributed by atoms with Crippen LogP contribution in [0, 0.1) is 0 Å². The number of ether oxygens (including phenoxy) is 2. The summed E-state index contributed by atoms with van der Waals surface area (Å²) >= 11 is 0. The van der Waals surface area contributed by atoms with Gasteiger partial charge >= 0.3 is 0 Å². The molecule has 158 valence electrons. The molecule has 0 heterocycles. The van der Waals surface area contributed by atoms with Crippen LogP contribution in [0.5, 0.6) is 11.5 Å². The smallest absolute Gasteiger partial charge is 0.124 e. The standard InChI is InChI=1S/C27H33NO2/c1-2-3-9-20-30-27-15-8-7-14-24(27)22-28-25-16-18-26(19-17-25)29-21-10-13-23-11-5-4-6-12-23/h4-8,11-12,14-19,28H,2-3,9-10,13,20-22H2,1H3. The molecule has 0 unspecified atom stereocenters. The summed E-state index contributed by atoms with van der Waals surface area (Å²) in [7, 11) is 0. The molecule has 0 bridgehead atoms. The Morgan fingerprint density at radius 2 is 1.43 bits per heavy atom. The fourth-order valence-electron chi connectivity index (χ4n) is 3.30. The van der Waals surface area contributed by atoms with Crippen molar-refractivity contribution < 1.29 is 9.47 Å². The number of rotatable bonds is 13. The lowest BCUT2D eigenvalue weighted by atomic mass is 10.1. The van der Waals surface area contributed by atoms with E-state index in [0.29, 0.717) is 0 Å². The molecule has 0 aliphatic rings. The maximum Gasteiger partial charge on any atom is 0.124 e. The maximum atomic E-state index is 5.97. The molecule has 0 atom stereocenters.